The highest BCUT2D eigenvalue weighted by molar-refractivity contribution is 7.80. The smallest absolute Gasteiger partial charge is 0.137 e. The highest BCUT2D eigenvalue weighted by Crippen LogP contribution is 2.04. The van der Waals surface area contributed by atoms with E-state index in [0.717, 1.165) is 7.11 Å². The van der Waals surface area contributed by atoms with E-state index in [2.05, 4.69) is 10.1 Å². The van der Waals surface area contributed by atoms with E-state index >= 15 is 0 Å². The Bertz CT molecular complexity index is 278. The molecule has 0 radical (unpaired) electrons. The molecule has 1 aromatic rings. The van der Waals surface area contributed by atoms with Crippen molar-refractivity contribution in [2.45, 2.75) is 19.6 Å². The maximum Gasteiger partial charge on any atom is 0.137 e. The van der Waals surface area contributed by atoms with E-state index in [0.29, 0.717) is 11.5 Å². The second-order valence-electron chi connectivity index (χ2n) is 2.88. The molecule has 0 aliphatic heterocycles. The number of aromatic nitrogens is 3. The van der Waals surface area contributed by atoms with Crippen LogP contribution in [0.2, 0.25) is 0 Å². The molecule has 1 heterocycles. The molecule has 0 fully saturated rings. The molecule has 0 aromatic carbocycles. The molecule has 0 amide bonds. The minimum atomic E-state index is -0.612. The quantitative estimate of drug-likeness (QED) is 0.586. The van der Waals surface area contributed by atoms with Gasteiger partial charge in [0.25, 0.3) is 0 Å². The van der Waals surface area contributed by atoms with Gasteiger partial charge in [0.1, 0.15) is 12.7 Å². The molecule has 0 bridgehead atoms. The van der Waals surface area contributed by atoms with Crippen LogP contribution in [0.3, 0.4) is 0 Å². The van der Waals surface area contributed by atoms with Crippen LogP contribution >= 0.6 is 12.2 Å². The van der Waals surface area contributed by atoms with Crippen LogP contribution in [0.15, 0.2) is 12.7 Å². The predicted molar refractivity (Wildman–Crippen MR) is 60.1 cm³/mol. The van der Waals surface area contributed by atoms with Crippen molar-refractivity contribution < 1.29 is 10.2 Å². The molecule has 6 nitrogen and oxygen atoms in total. The maximum absolute atomic E-state index is 9.60. The molecule has 0 aliphatic rings. The summed E-state index contributed by atoms with van der Waals surface area (Å²) in [6.45, 7) is 2.14. The molecular formula is C8H16N4O2S. The van der Waals surface area contributed by atoms with Gasteiger partial charge in [0.05, 0.1) is 17.6 Å². The van der Waals surface area contributed by atoms with Crippen molar-refractivity contribution >= 4 is 17.2 Å². The molecule has 0 saturated heterocycles. The number of thiocarbonyl (C=S) groups is 1. The number of rotatable bonds is 4. The van der Waals surface area contributed by atoms with Crippen LogP contribution in [0.4, 0.5) is 0 Å². The van der Waals surface area contributed by atoms with Crippen LogP contribution in [0, 0.1) is 5.92 Å². The lowest BCUT2D eigenvalue weighted by Crippen LogP contribution is -2.33. The molecule has 1 rings (SSSR count). The van der Waals surface area contributed by atoms with Crippen LogP contribution in [0.25, 0.3) is 0 Å². The summed E-state index contributed by atoms with van der Waals surface area (Å²) in [4.78, 5) is 4.07. The zero-order valence-corrected chi connectivity index (χ0v) is 9.55. The lowest BCUT2D eigenvalue weighted by molar-refractivity contribution is 0.122. The first kappa shape index (κ1) is 13.9. The van der Waals surface area contributed by atoms with Gasteiger partial charge in [-0.25, -0.2) is 4.98 Å². The van der Waals surface area contributed by atoms with Crippen LogP contribution in [0.5, 0.6) is 0 Å². The third-order valence-corrected chi connectivity index (χ3v) is 2.24. The normalized spacial score (nSPS) is 13.6. The van der Waals surface area contributed by atoms with Gasteiger partial charge in [0.15, 0.2) is 0 Å². The van der Waals surface area contributed by atoms with Gasteiger partial charge < -0.3 is 15.9 Å². The Morgan fingerprint density at radius 1 is 1.60 bits per heavy atom. The van der Waals surface area contributed by atoms with Crippen molar-refractivity contribution in [3.05, 3.63) is 12.7 Å². The van der Waals surface area contributed by atoms with Gasteiger partial charge >= 0.3 is 0 Å². The van der Waals surface area contributed by atoms with Crippen LogP contribution in [-0.2, 0) is 6.54 Å². The number of hydrogen-bond acceptors (Lipinski definition) is 5. The van der Waals surface area contributed by atoms with E-state index in [1.54, 1.807) is 11.6 Å². The van der Waals surface area contributed by atoms with Crippen LogP contribution in [0.1, 0.15) is 6.92 Å². The zero-order valence-electron chi connectivity index (χ0n) is 8.74. The molecule has 2 atom stereocenters. The van der Waals surface area contributed by atoms with Crippen LogP contribution < -0.4 is 5.73 Å². The average molecular weight is 232 g/mol. The fraction of sp³-hybridized carbons (Fsp3) is 0.625. The van der Waals surface area contributed by atoms with Gasteiger partial charge in [-0.2, -0.15) is 5.10 Å². The Balaban J connectivity index is 0.000000921. The van der Waals surface area contributed by atoms with Crippen LogP contribution in [-0.4, -0.2) is 43.2 Å². The summed E-state index contributed by atoms with van der Waals surface area (Å²) in [5.41, 5.74) is 5.39. The molecule has 4 N–H and O–H groups in total. The number of hydrogen-bond donors (Lipinski definition) is 3. The van der Waals surface area contributed by atoms with Crippen molar-refractivity contribution in [3.8, 4) is 0 Å². The second kappa shape index (κ2) is 7.27. The predicted octanol–water partition coefficient (Wildman–Crippen LogP) is -0.830. The largest absolute Gasteiger partial charge is 0.400 e. The highest BCUT2D eigenvalue weighted by atomic mass is 32.1. The Morgan fingerprint density at radius 3 is 2.60 bits per heavy atom. The standard InChI is InChI=1S/C7H12N4OS.CH4O/c1-5(7(8)13)6(12)2-11-4-9-3-10-11;1-2/h3-6,12H,2H2,1H3,(H2,8,13);2H,1H3/t5-,6?;/m1./s1. The monoisotopic (exact) mass is 232 g/mol. The average Bonchev–Trinajstić information content (AvgIpc) is 2.72. The Kier molecular flexibility index (Phi) is 6.76. The van der Waals surface area contributed by atoms with Crippen molar-refractivity contribution in [2.24, 2.45) is 11.7 Å². The first-order chi connectivity index (χ1) is 7.11. The Labute approximate surface area is 93.7 Å². The number of nitrogens with zero attached hydrogens (tertiary/aromatic N) is 3. The van der Waals surface area contributed by atoms with Gasteiger partial charge in [0.2, 0.25) is 0 Å². The third-order valence-electron chi connectivity index (χ3n) is 1.87. The number of nitrogens with two attached hydrogens (primary N) is 1. The molecule has 15 heavy (non-hydrogen) atoms. The van der Waals surface area contributed by atoms with Gasteiger partial charge in [-0.1, -0.05) is 19.1 Å². The van der Waals surface area contributed by atoms with E-state index in [1.165, 1.54) is 12.7 Å². The number of aliphatic hydroxyl groups excluding tert-OH is 2. The third kappa shape index (κ3) is 4.82. The van der Waals surface area contributed by atoms with E-state index in [9.17, 15) is 5.11 Å². The Morgan fingerprint density at radius 2 is 2.20 bits per heavy atom. The highest BCUT2D eigenvalue weighted by Gasteiger charge is 2.17. The molecule has 0 aliphatic carbocycles. The van der Waals surface area contributed by atoms with Crippen molar-refractivity contribution in [2.75, 3.05) is 7.11 Å². The summed E-state index contributed by atoms with van der Waals surface area (Å²) >= 11 is 4.76. The van der Waals surface area contributed by atoms with Gasteiger partial charge in [-0.05, 0) is 0 Å². The first-order valence-corrected chi connectivity index (χ1v) is 4.76. The van der Waals surface area contributed by atoms with Crippen molar-refractivity contribution in [1.82, 2.24) is 14.8 Å². The maximum atomic E-state index is 9.60. The van der Waals surface area contributed by atoms with Gasteiger partial charge in [-0.3, -0.25) is 4.68 Å². The molecule has 1 aromatic heterocycles. The molecule has 7 heteroatoms. The van der Waals surface area contributed by atoms with Crippen molar-refractivity contribution in [1.29, 1.82) is 0 Å². The fourth-order valence-electron chi connectivity index (χ4n) is 0.866. The molecule has 86 valence electrons. The summed E-state index contributed by atoms with van der Waals surface area (Å²) in [6.07, 6.45) is 2.34. The van der Waals surface area contributed by atoms with E-state index < -0.39 is 6.10 Å². The lowest BCUT2D eigenvalue weighted by Gasteiger charge is -2.16. The van der Waals surface area contributed by atoms with E-state index in [4.69, 9.17) is 23.1 Å². The molecule has 0 spiro atoms. The molecule has 1 unspecified atom stereocenters. The first-order valence-electron chi connectivity index (χ1n) is 4.35. The van der Waals surface area contributed by atoms with E-state index in [1.807, 2.05) is 0 Å². The molecular weight excluding hydrogens is 216 g/mol. The minimum absolute atomic E-state index is 0.209. The summed E-state index contributed by atoms with van der Waals surface area (Å²) in [6, 6.07) is 0. The Hall–Kier alpha value is -1.05. The second-order valence-corrected chi connectivity index (χ2v) is 3.35. The zero-order chi connectivity index (χ0) is 11.8. The minimum Gasteiger partial charge on any atom is -0.400 e. The SMILES string of the molecule is CO.C[C@@H](C(N)=S)C(O)Cn1cncn1. The fourth-order valence-corrected chi connectivity index (χ4v) is 1.02. The number of aliphatic hydroxyl groups is 2. The summed E-state index contributed by atoms with van der Waals surface area (Å²) in [5.74, 6) is -0.209. The van der Waals surface area contributed by atoms with E-state index in [-0.39, 0.29) is 5.92 Å². The molecule has 0 saturated carbocycles. The van der Waals surface area contributed by atoms with Gasteiger partial charge in [-0.15, -0.1) is 0 Å². The summed E-state index contributed by atoms with van der Waals surface area (Å²) < 4.78 is 1.54. The van der Waals surface area contributed by atoms with Gasteiger partial charge in [0, 0.05) is 13.0 Å². The van der Waals surface area contributed by atoms with Crippen molar-refractivity contribution in [3.63, 3.8) is 0 Å². The topological polar surface area (TPSA) is 97.2 Å². The summed E-state index contributed by atoms with van der Waals surface area (Å²) in [5, 5.41) is 20.5. The summed E-state index contributed by atoms with van der Waals surface area (Å²) in [7, 11) is 1.00. The lowest BCUT2D eigenvalue weighted by atomic mass is 10.1.